The van der Waals surface area contributed by atoms with E-state index in [4.69, 9.17) is 4.74 Å². The van der Waals surface area contributed by atoms with Crippen LogP contribution in [0.5, 0.6) is 0 Å². The Bertz CT molecular complexity index is 643. The minimum atomic E-state index is -0.144. The van der Waals surface area contributed by atoms with Crippen molar-refractivity contribution in [1.82, 2.24) is 30.1 Å². The number of hydrogen-bond donors (Lipinski definition) is 1. The second kappa shape index (κ2) is 5.68. The Morgan fingerprint density at radius 1 is 1.55 bits per heavy atom. The Balaban J connectivity index is 1.60. The minimum absolute atomic E-state index is 0.144. The normalized spacial score (nSPS) is 18.9. The Hall–Kier alpha value is -1.80. The van der Waals surface area contributed by atoms with Crippen molar-refractivity contribution in [2.45, 2.75) is 13.0 Å². The first-order valence-electron chi connectivity index (χ1n) is 6.79. The SMILES string of the molecule is Cn1ncc2c(=O)n(CCNCC3CCOC3)nnc21. The number of nitrogens with zero attached hydrogens (tertiary/aromatic N) is 5. The Labute approximate surface area is 115 Å². The molecule has 8 nitrogen and oxygen atoms in total. The van der Waals surface area contributed by atoms with Crippen LogP contribution in [0.3, 0.4) is 0 Å². The summed E-state index contributed by atoms with van der Waals surface area (Å²) in [7, 11) is 1.74. The van der Waals surface area contributed by atoms with Crippen LogP contribution in [0.25, 0.3) is 11.0 Å². The first-order valence-corrected chi connectivity index (χ1v) is 6.79. The molecule has 0 aliphatic carbocycles. The molecule has 1 atom stereocenters. The van der Waals surface area contributed by atoms with Crippen LogP contribution in [0.2, 0.25) is 0 Å². The topological polar surface area (TPSA) is 86.9 Å². The lowest BCUT2D eigenvalue weighted by atomic mass is 10.1. The zero-order valence-corrected chi connectivity index (χ0v) is 11.4. The molecule has 20 heavy (non-hydrogen) atoms. The smallest absolute Gasteiger partial charge is 0.280 e. The van der Waals surface area contributed by atoms with Gasteiger partial charge in [0.1, 0.15) is 5.39 Å². The van der Waals surface area contributed by atoms with Crippen LogP contribution >= 0.6 is 0 Å². The highest BCUT2D eigenvalue weighted by Gasteiger charge is 2.14. The van der Waals surface area contributed by atoms with Gasteiger partial charge in [-0.05, 0) is 12.3 Å². The van der Waals surface area contributed by atoms with E-state index in [0.717, 1.165) is 26.2 Å². The minimum Gasteiger partial charge on any atom is -0.381 e. The second-order valence-electron chi connectivity index (χ2n) is 5.06. The fraction of sp³-hybridized carbons (Fsp3) is 0.667. The lowest BCUT2D eigenvalue weighted by molar-refractivity contribution is 0.185. The molecule has 0 bridgehead atoms. The van der Waals surface area contributed by atoms with Crippen LogP contribution in [0.1, 0.15) is 6.42 Å². The van der Waals surface area contributed by atoms with Gasteiger partial charge >= 0.3 is 0 Å². The van der Waals surface area contributed by atoms with Gasteiger partial charge in [-0.15, -0.1) is 5.10 Å². The summed E-state index contributed by atoms with van der Waals surface area (Å²) >= 11 is 0. The first-order chi connectivity index (χ1) is 9.75. The van der Waals surface area contributed by atoms with Crippen molar-refractivity contribution >= 4 is 11.0 Å². The van der Waals surface area contributed by atoms with E-state index >= 15 is 0 Å². The van der Waals surface area contributed by atoms with Gasteiger partial charge in [0.05, 0.1) is 19.3 Å². The molecule has 1 unspecified atom stereocenters. The predicted molar refractivity (Wildman–Crippen MR) is 72.4 cm³/mol. The van der Waals surface area contributed by atoms with E-state index in [1.807, 2.05) is 0 Å². The molecular formula is C12H18N6O2. The number of aryl methyl sites for hydroxylation is 1. The van der Waals surface area contributed by atoms with Crippen molar-refractivity contribution in [2.75, 3.05) is 26.3 Å². The molecule has 0 radical (unpaired) electrons. The standard InChI is InChI=1S/C12H18N6O2/c1-17-11-10(7-14-17)12(19)18(16-15-11)4-3-13-6-9-2-5-20-8-9/h7,9,13H,2-6,8H2,1H3. The monoisotopic (exact) mass is 278 g/mol. The molecule has 2 aromatic heterocycles. The van der Waals surface area contributed by atoms with Gasteiger partial charge in [0.15, 0.2) is 5.65 Å². The van der Waals surface area contributed by atoms with Gasteiger partial charge in [0, 0.05) is 26.7 Å². The summed E-state index contributed by atoms with van der Waals surface area (Å²) in [6.45, 7) is 3.79. The number of rotatable bonds is 5. The summed E-state index contributed by atoms with van der Waals surface area (Å²) in [5.74, 6) is 0.582. The summed E-state index contributed by atoms with van der Waals surface area (Å²) in [6.07, 6.45) is 2.64. The molecule has 8 heteroatoms. The molecule has 1 fully saturated rings. The third-order valence-electron chi connectivity index (χ3n) is 3.58. The fourth-order valence-corrected chi connectivity index (χ4v) is 2.36. The average Bonchev–Trinajstić information content (AvgIpc) is 3.08. The van der Waals surface area contributed by atoms with Gasteiger partial charge in [-0.1, -0.05) is 5.21 Å². The van der Waals surface area contributed by atoms with Crippen LogP contribution in [-0.4, -0.2) is 51.1 Å². The number of fused-ring (bicyclic) bond motifs is 1. The van der Waals surface area contributed by atoms with Gasteiger partial charge in [-0.3, -0.25) is 4.79 Å². The third-order valence-corrected chi connectivity index (χ3v) is 3.58. The maximum atomic E-state index is 12.2. The van der Waals surface area contributed by atoms with Gasteiger partial charge in [0.25, 0.3) is 5.56 Å². The lowest BCUT2D eigenvalue weighted by Gasteiger charge is -2.09. The molecule has 1 N–H and O–H groups in total. The molecule has 1 aliphatic rings. The maximum absolute atomic E-state index is 12.2. The van der Waals surface area contributed by atoms with Crippen molar-refractivity contribution in [2.24, 2.45) is 13.0 Å². The van der Waals surface area contributed by atoms with Crippen molar-refractivity contribution in [3.63, 3.8) is 0 Å². The molecular weight excluding hydrogens is 260 g/mol. The number of nitrogens with one attached hydrogen (secondary N) is 1. The first kappa shape index (κ1) is 13.2. The molecule has 3 rings (SSSR count). The van der Waals surface area contributed by atoms with E-state index in [1.165, 1.54) is 10.9 Å². The molecule has 0 amide bonds. The highest BCUT2D eigenvalue weighted by atomic mass is 16.5. The average molecular weight is 278 g/mol. The third kappa shape index (κ3) is 2.56. The number of aromatic nitrogens is 5. The van der Waals surface area contributed by atoms with Crippen LogP contribution in [0.15, 0.2) is 11.0 Å². The van der Waals surface area contributed by atoms with E-state index in [1.54, 1.807) is 11.7 Å². The second-order valence-corrected chi connectivity index (χ2v) is 5.06. The summed E-state index contributed by atoms with van der Waals surface area (Å²) in [5.41, 5.74) is 0.372. The molecule has 108 valence electrons. The Morgan fingerprint density at radius 2 is 2.45 bits per heavy atom. The van der Waals surface area contributed by atoms with E-state index in [-0.39, 0.29) is 5.56 Å². The molecule has 0 aromatic carbocycles. The highest BCUT2D eigenvalue weighted by molar-refractivity contribution is 5.72. The number of hydrogen-bond acceptors (Lipinski definition) is 6. The van der Waals surface area contributed by atoms with Crippen LogP contribution in [0.4, 0.5) is 0 Å². The quantitative estimate of drug-likeness (QED) is 0.717. The highest BCUT2D eigenvalue weighted by Crippen LogP contribution is 2.10. The van der Waals surface area contributed by atoms with Gasteiger partial charge in [-0.2, -0.15) is 5.10 Å². The lowest BCUT2D eigenvalue weighted by Crippen LogP contribution is -2.32. The molecule has 2 aromatic rings. The van der Waals surface area contributed by atoms with Crippen molar-refractivity contribution in [1.29, 1.82) is 0 Å². The molecule has 1 aliphatic heterocycles. The Kier molecular flexibility index (Phi) is 3.75. The van der Waals surface area contributed by atoms with E-state index in [9.17, 15) is 4.79 Å². The maximum Gasteiger partial charge on any atom is 0.280 e. The zero-order valence-electron chi connectivity index (χ0n) is 11.4. The number of ether oxygens (including phenoxy) is 1. The summed E-state index contributed by atoms with van der Waals surface area (Å²) < 4.78 is 8.24. The zero-order chi connectivity index (χ0) is 13.9. The molecule has 1 saturated heterocycles. The van der Waals surface area contributed by atoms with Crippen LogP contribution in [-0.2, 0) is 18.3 Å². The Morgan fingerprint density at radius 3 is 3.25 bits per heavy atom. The van der Waals surface area contributed by atoms with Crippen LogP contribution < -0.4 is 10.9 Å². The fourth-order valence-electron chi connectivity index (χ4n) is 2.36. The van der Waals surface area contributed by atoms with E-state index < -0.39 is 0 Å². The summed E-state index contributed by atoms with van der Waals surface area (Å²) in [4.78, 5) is 12.2. The van der Waals surface area contributed by atoms with Crippen LogP contribution in [0, 0.1) is 5.92 Å². The summed E-state index contributed by atoms with van der Waals surface area (Å²) in [5, 5.41) is 15.8. The van der Waals surface area contributed by atoms with Crippen molar-refractivity contribution < 1.29 is 4.74 Å². The predicted octanol–water partition coefficient (Wildman–Crippen LogP) is -0.849. The largest absolute Gasteiger partial charge is 0.381 e. The van der Waals surface area contributed by atoms with Gasteiger partial charge in [-0.25, -0.2) is 9.36 Å². The van der Waals surface area contributed by atoms with Gasteiger partial charge in [0.2, 0.25) is 0 Å². The van der Waals surface area contributed by atoms with E-state index in [2.05, 4.69) is 20.7 Å². The molecule has 0 saturated carbocycles. The molecule has 0 spiro atoms. The summed E-state index contributed by atoms with van der Waals surface area (Å²) in [6, 6.07) is 0. The van der Waals surface area contributed by atoms with Crippen molar-refractivity contribution in [3.05, 3.63) is 16.6 Å². The van der Waals surface area contributed by atoms with Gasteiger partial charge < -0.3 is 10.1 Å². The molecule has 3 heterocycles. The van der Waals surface area contributed by atoms with Crippen molar-refractivity contribution in [3.8, 4) is 0 Å². The van der Waals surface area contributed by atoms with E-state index in [0.29, 0.717) is 30.0 Å².